The molecule has 3 nitrogen and oxygen atoms in total. The van der Waals surface area contributed by atoms with Crippen molar-refractivity contribution in [3.05, 3.63) is 76.6 Å². The van der Waals surface area contributed by atoms with E-state index in [0.717, 1.165) is 30.3 Å². The summed E-state index contributed by atoms with van der Waals surface area (Å²) < 4.78 is 0. The molecule has 24 heavy (non-hydrogen) atoms. The maximum absolute atomic E-state index is 6.39. The minimum Gasteiger partial charge on any atom is -0.326 e. The normalized spacial score (nSPS) is 21.2. The number of nitrogens with zero attached hydrogens (tertiary/aromatic N) is 2. The zero-order valence-electron chi connectivity index (χ0n) is 13.5. The van der Waals surface area contributed by atoms with Gasteiger partial charge in [0, 0.05) is 36.0 Å². The first kappa shape index (κ1) is 15.5. The minimum atomic E-state index is 0.195. The highest BCUT2D eigenvalue weighted by atomic mass is 32.1. The molecule has 2 aromatic carbocycles. The van der Waals surface area contributed by atoms with Crippen molar-refractivity contribution in [1.82, 2.24) is 9.88 Å². The van der Waals surface area contributed by atoms with Crippen LogP contribution in [0.2, 0.25) is 0 Å². The molecule has 0 bridgehead atoms. The first-order valence-corrected chi connectivity index (χ1v) is 9.20. The van der Waals surface area contributed by atoms with Crippen molar-refractivity contribution >= 4 is 11.3 Å². The number of likely N-dealkylation sites (tertiary alicyclic amines) is 1. The Morgan fingerprint density at radius 2 is 1.71 bits per heavy atom. The summed E-state index contributed by atoms with van der Waals surface area (Å²) in [5.41, 5.74) is 9.99. The summed E-state index contributed by atoms with van der Waals surface area (Å²) in [4.78, 5) is 7.23. The summed E-state index contributed by atoms with van der Waals surface area (Å²) in [5, 5.41) is 3.31. The van der Waals surface area contributed by atoms with E-state index in [1.165, 1.54) is 11.1 Å². The second-order valence-electron chi connectivity index (χ2n) is 6.37. The van der Waals surface area contributed by atoms with Gasteiger partial charge in [0.15, 0.2) is 0 Å². The van der Waals surface area contributed by atoms with Crippen LogP contribution in [0.1, 0.15) is 16.5 Å². The SMILES string of the molecule is N[C@@H]1CN(Cc2nc(-c3ccccc3)cs2)C[C@H]1c1ccccc1. The standard InChI is InChI=1S/C20H21N3S/c21-18-12-23(11-17(18)15-7-3-1-4-8-15)13-20-22-19(14-24-20)16-9-5-2-6-10-16/h1-10,14,17-18H,11-13,21H2/t17-,18+/m0/s1. The predicted molar refractivity (Wildman–Crippen MR) is 100.0 cm³/mol. The van der Waals surface area contributed by atoms with Gasteiger partial charge < -0.3 is 5.73 Å². The van der Waals surface area contributed by atoms with Crippen LogP contribution in [-0.2, 0) is 6.54 Å². The highest BCUT2D eigenvalue weighted by Crippen LogP contribution is 2.29. The molecule has 1 saturated heterocycles. The smallest absolute Gasteiger partial charge is 0.107 e. The maximum Gasteiger partial charge on any atom is 0.107 e. The molecule has 1 aliphatic heterocycles. The number of benzene rings is 2. The molecule has 1 aliphatic rings. The zero-order chi connectivity index (χ0) is 16.4. The lowest BCUT2D eigenvalue weighted by Gasteiger charge is -2.15. The molecular weight excluding hydrogens is 314 g/mol. The van der Waals surface area contributed by atoms with Gasteiger partial charge in [-0.2, -0.15) is 0 Å². The number of hydrogen-bond acceptors (Lipinski definition) is 4. The Labute approximate surface area is 146 Å². The van der Waals surface area contributed by atoms with Crippen LogP contribution < -0.4 is 5.73 Å². The Morgan fingerprint density at radius 1 is 1.00 bits per heavy atom. The lowest BCUT2D eigenvalue weighted by molar-refractivity contribution is 0.323. The number of thiazole rings is 1. The minimum absolute atomic E-state index is 0.195. The topological polar surface area (TPSA) is 42.1 Å². The number of aromatic nitrogens is 1. The second-order valence-corrected chi connectivity index (χ2v) is 7.31. The highest BCUT2D eigenvalue weighted by molar-refractivity contribution is 7.09. The monoisotopic (exact) mass is 335 g/mol. The molecule has 0 spiro atoms. The first-order valence-electron chi connectivity index (χ1n) is 8.32. The average molecular weight is 335 g/mol. The van der Waals surface area contributed by atoms with E-state index in [1.807, 2.05) is 6.07 Å². The Hall–Kier alpha value is -2.01. The third kappa shape index (κ3) is 3.26. The maximum atomic E-state index is 6.39. The second kappa shape index (κ2) is 6.85. The summed E-state index contributed by atoms with van der Waals surface area (Å²) in [6.45, 7) is 2.82. The highest BCUT2D eigenvalue weighted by Gasteiger charge is 2.31. The van der Waals surface area contributed by atoms with Crippen molar-refractivity contribution in [3.63, 3.8) is 0 Å². The quantitative estimate of drug-likeness (QED) is 0.790. The molecule has 1 fully saturated rings. The Bertz CT molecular complexity index is 785. The molecule has 0 radical (unpaired) electrons. The Kier molecular flexibility index (Phi) is 4.43. The average Bonchev–Trinajstić information content (AvgIpc) is 3.23. The fraction of sp³-hybridized carbons (Fsp3) is 0.250. The van der Waals surface area contributed by atoms with Crippen molar-refractivity contribution in [2.75, 3.05) is 13.1 Å². The van der Waals surface area contributed by atoms with Crippen LogP contribution in [0.5, 0.6) is 0 Å². The van der Waals surface area contributed by atoms with E-state index in [-0.39, 0.29) is 6.04 Å². The van der Waals surface area contributed by atoms with E-state index in [2.05, 4.69) is 64.9 Å². The van der Waals surface area contributed by atoms with Crippen LogP contribution in [0.15, 0.2) is 66.0 Å². The van der Waals surface area contributed by atoms with Crippen LogP contribution in [-0.4, -0.2) is 29.0 Å². The van der Waals surface area contributed by atoms with E-state index < -0.39 is 0 Å². The summed E-state index contributed by atoms with van der Waals surface area (Å²) in [7, 11) is 0. The first-order chi connectivity index (χ1) is 11.8. The largest absolute Gasteiger partial charge is 0.326 e. The van der Waals surface area contributed by atoms with Crippen molar-refractivity contribution in [2.24, 2.45) is 5.73 Å². The summed E-state index contributed by atoms with van der Waals surface area (Å²) in [5.74, 6) is 0.416. The molecule has 2 N–H and O–H groups in total. The third-order valence-corrected chi connectivity index (χ3v) is 5.48. The summed E-state index contributed by atoms with van der Waals surface area (Å²) in [6, 6.07) is 21.2. The number of rotatable bonds is 4. The molecule has 2 atom stereocenters. The van der Waals surface area contributed by atoms with Gasteiger partial charge in [-0.05, 0) is 5.56 Å². The predicted octanol–water partition coefficient (Wildman–Crippen LogP) is 3.74. The summed E-state index contributed by atoms with van der Waals surface area (Å²) >= 11 is 1.74. The molecule has 0 unspecified atom stereocenters. The van der Waals surface area contributed by atoms with Gasteiger partial charge in [0.1, 0.15) is 5.01 Å². The van der Waals surface area contributed by atoms with E-state index in [0.29, 0.717) is 5.92 Å². The third-order valence-electron chi connectivity index (χ3n) is 4.65. The van der Waals surface area contributed by atoms with Crippen LogP contribution in [0.3, 0.4) is 0 Å². The molecule has 1 aromatic heterocycles. The Morgan fingerprint density at radius 3 is 2.46 bits per heavy atom. The number of nitrogens with two attached hydrogens (primary N) is 1. The molecule has 0 aliphatic carbocycles. The van der Waals surface area contributed by atoms with Crippen molar-refractivity contribution in [1.29, 1.82) is 0 Å². The van der Waals surface area contributed by atoms with Crippen molar-refractivity contribution in [2.45, 2.75) is 18.5 Å². The molecule has 3 aromatic rings. The van der Waals surface area contributed by atoms with Gasteiger partial charge in [0.05, 0.1) is 12.2 Å². The molecule has 4 heteroatoms. The van der Waals surface area contributed by atoms with Crippen molar-refractivity contribution < 1.29 is 0 Å². The van der Waals surface area contributed by atoms with Gasteiger partial charge in [-0.1, -0.05) is 60.7 Å². The molecule has 122 valence electrons. The van der Waals surface area contributed by atoms with E-state index >= 15 is 0 Å². The van der Waals surface area contributed by atoms with Crippen LogP contribution >= 0.6 is 11.3 Å². The van der Waals surface area contributed by atoms with Gasteiger partial charge in [0.25, 0.3) is 0 Å². The lowest BCUT2D eigenvalue weighted by atomic mass is 9.95. The molecule has 2 heterocycles. The fourth-order valence-electron chi connectivity index (χ4n) is 3.41. The van der Waals surface area contributed by atoms with E-state index in [1.54, 1.807) is 11.3 Å². The zero-order valence-corrected chi connectivity index (χ0v) is 14.3. The van der Waals surface area contributed by atoms with E-state index in [9.17, 15) is 0 Å². The van der Waals surface area contributed by atoms with Crippen molar-refractivity contribution in [3.8, 4) is 11.3 Å². The van der Waals surface area contributed by atoms with Gasteiger partial charge in [0.2, 0.25) is 0 Å². The lowest BCUT2D eigenvalue weighted by Crippen LogP contribution is -2.28. The van der Waals surface area contributed by atoms with Gasteiger partial charge in [-0.15, -0.1) is 11.3 Å². The molecule has 0 saturated carbocycles. The fourth-order valence-corrected chi connectivity index (χ4v) is 4.26. The van der Waals surface area contributed by atoms with E-state index in [4.69, 9.17) is 10.7 Å². The molecule has 4 rings (SSSR count). The van der Waals surface area contributed by atoms with Crippen LogP contribution in [0, 0.1) is 0 Å². The van der Waals surface area contributed by atoms with Gasteiger partial charge >= 0.3 is 0 Å². The van der Waals surface area contributed by atoms with Crippen LogP contribution in [0.4, 0.5) is 0 Å². The van der Waals surface area contributed by atoms with Crippen LogP contribution in [0.25, 0.3) is 11.3 Å². The van der Waals surface area contributed by atoms with Gasteiger partial charge in [-0.25, -0.2) is 4.98 Å². The Balaban J connectivity index is 1.44. The molecule has 0 amide bonds. The van der Waals surface area contributed by atoms with Gasteiger partial charge in [-0.3, -0.25) is 4.90 Å². The molecular formula is C20H21N3S. The number of hydrogen-bond donors (Lipinski definition) is 1. The summed E-state index contributed by atoms with van der Waals surface area (Å²) in [6.07, 6.45) is 0.